The Kier molecular flexibility index (Phi) is 3.57. The highest BCUT2D eigenvalue weighted by atomic mass is 15.2. The lowest BCUT2D eigenvalue weighted by atomic mass is 9.97. The Morgan fingerprint density at radius 3 is 1.75 bits per heavy atom. The molecule has 12 heavy (non-hydrogen) atoms. The summed E-state index contributed by atoms with van der Waals surface area (Å²) in [7, 11) is 0. The zero-order chi connectivity index (χ0) is 9.03. The van der Waals surface area contributed by atoms with E-state index in [9.17, 15) is 0 Å². The van der Waals surface area contributed by atoms with Gasteiger partial charge in [0, 0.05) is 11.6 Å². The van der Waals surface area contributed by atoms with Crippen LogP contribution in [-0.2, 0) is 0 Å². The van der Waals surface area contributed by atoms with Gasteiger partial charge in [0.1, 0.15) is 0 Å². The number of rotatable bonds is 0. The molecule has 1 saturated heterocycles. The number of hydrogen-bond donors (Lipinski definition) is 1. The molecule has 72 valence electrons. The third-order valence-corrected chi connectivity index (χ3v) is 3.25. The first kappa shape index (κ1) is 10.0. The zero-order valence-electron chi connectivity index (χ0n) is 8.82. The predicted molar refractivity (Wildman–Crippen MR) is 54.4 cm³/mol. The maximum absolute atomic E-state index is 3.59. The van der Waals surface area contributed by atoms with Crippen LogP contribution >= 0.6 is 0 Å². The summed E-state index contributed by atoms with van der Waals surface area (Å²) in [5.41, 5.74) is 0.622. The van der Waals surface area contributed by atoms with Crippen molar-refractivity contribution in [2.24, 2.45) is 0 Å². The molecule has 0 aromatic heterocycles. The van der Waals surface area contributed by atoms with E-state index in [1.54, 1.807) is 0 Å². The summed E-state index contributed by atoms with van der Waals surface area (Å²) in [6.07, 6.45) is 8.73. The highest BCUT2D eigenvalue weighted by molar-refractivity contribution is 5.11. The Labute approximate surface area is 76.9 Å². The molecule has 2 rings (SSSR count). The molecule has 0 bridgehead atoms. The quantitative estimate of drug-likeness (QED) is 0.553. The molecule has 2 fully saturated rings. The van der Waals surface area contributed by atoms with Gasteiger partial charge in [0.25, 0.3) is 0 Å². The van der Waals surface area contributed by atoms with Crippen LogP contribution in [0.5, 0.6) is 0 Å². The number of nitrogens with one attached hydrogen (secondary N) is 1. The van der Waals surface area contributed by atoms with Gasteiger partial charge in [0.2, 0.25) is 0 Å². The van der Waals surface area contributed by atoms with E-state index in [1.165, 1.54) is 38.5 Å². The van der Waals surface area contributed by atoms with E-state index < -0.39 is 0 Å². The minimum absolute atomic E-state index is 0.622. The van der Waals surface area contributed by atoms with Crippen molar-refractivity contribution in [3.63, 3.8) is 0 Å². The van der Waals surface area contributed by atoms with Crippen LogP contribution in [0.25, 0.3) is 0 Å². The Bertz CT molecular complexity index is 123. The molecular formula is C11H23N. The fourth-order valence-corrected chi connectivity index (χ4v) is 2.33. The largest absolute Gasteiger partial charge is 0.305 e. The lowest BCUT2D eigenvalue weighted by molar-refractivity contribution is 0.525. The van der Waals surface area contributed by atoms with Crippen LogP contribution in [0.4, 0.5) is 0 Å². The highest BCUT2D eigenvalue weighted by Crippen LogP contribution is 2.39. The molecule has 0 aromatic rings. The molecule has 1 saturated carbocycles. The molecule has 0 aromatic carbocycles. The van der Waals surface area contributed by atoms with E-state index in [1.807, 2.05) is 13.8 Å². The van der Waals surface area contributed by atoms with Crippen molar-refractivity contribution in [2.75, 3.05) is 0 Å². The summed E-state index contributed by atoms with van der Waals surface area (Å²) in [4.78, 5) is 0. The first-order valence-electron chi connectivity index (χ1n) is 5.61. The maximum Gasteiger partial charge on any atom is 0.0335 e. The summed E-state index contributed by atoms with van der Waals surface area (Å²) in [5, 5.41) is 3.59. The van der Waals surface area contributed by atoms with Gasteiger partial charge in [0.05, 0.1) is 0 Å². The topological polar surface area (TPSA) is 21.9 Å². The molecule has 1 atom stereocenters. The number of hydrogen-bond acceptors (Lipinski definition) is 1. The van der Waals surface area contributed by atoms with Crippen molar-refractivity contribution in [1.29, 1.82) is 0 Å². The van der Waals surface area contributed by atoms with E-state index in [4.69, 9.17) is 0 Å². The fraction of sp³-hybridized carbons (Fsp3) is 1.00. The third kappa shape index (κ3) is 2.01. The Morgan fingerprint density at radius 1 is 1.00 bits per heavy atom. The molecule has 0 amide bonds. The molecule has 1 heteroatoms. The molecule has 1 spiro atoms. The van der Waals surface area contributed by atoms with Gasteiger partial charge in [-0.15, -0.1) is 0 Å². The maximum atomic E-state index is 3.59. The molecule has 1 aliphatic heterocycles. The molecule has 1 aliphatic carbocycles. The van der Waals surface area contributed by atoms with Gasteiger partial charge in [-0.3, -0.25) is 0 Å². The zero-order valence-corrected chi connectivity index (χ0v) is 8.82. The van der Waals surface area contributed by atoms with Crippen molar-refractivity contribution < 1.29 is 0 Å². The lowest BCUT2D eigenvalue weighted by Crippen LogP contribution is -2.14. The van der Waals surface area contributed by atoms with E-state index >= 15 is 0 Å². The molecule has 1 unspecified atom stereocenters. The monoisotopic (exact) mass is 169 g/mol. The Hall–Kier alpha value is -0.0400. The summed E-state index contributed by atoms with van der Waals surface area (Å²) >= 11 is 0. The summed E-state index contributed by atoms with van der Waals surface area (Å²) in [5.74, 6) is 0. The van der Waals surface area contributed by atoms with Gasteiger partial charge in [-0.05, 0) is 19.8 Å². The second kappa shape index (κ2) is 4.27. The highest BCUT2D eigenvalue weighted by Gasteiger charge is 2.49. The average Bonchev–Trinajstić information content (AvgIpc) is 2.80. The summed E-state index contributed by atoms with van der Waals surface area (Å²) in [6.45, 7) is 6.32. The minimum atomic E-state index is 0.622. The lowest BCUT2D eigenvalue weighted by Gasteiger charge is -2.08. The first-order chi connectivity index (χ1) is 5.83. The normalized spacial score (nSPS) is 31.8. The van der Waals surface area contributed by atoms with Crippen LogP contribution in [0.2, 0.25) is 0 Å². The van der Waals surface area contributed by atoms with Crippen molar-refractivity contribution in [3.05, 3.63) is 0 Å². The van der Waals surface area contributed by atoms with Crippen LogP contribution < -0.4 is 5.32 Å². The van der Waals surface area contributed by atoms with Gasteiger partial charge in [-0.1, -0.05) is 39.5 Å². The minimum Gasteiger partial charge on any atom is -0.305 e. The molecule has 2 aliphatic rings. The Morgan fingerprint density at radius 2 is 1.42 bits per heavy atom. The smallest absolute Gasteiger partial charge is 0.0335 e. The van der Waals surface area contributed by atoms with Crippen molar-refractivity contribution in [3.8, 4) is 0 Å². The van der Waals surface area contributed by atoms with Gasteiger partial charge >= 0.3 is 0 Å². The van der Waals surface area contributed by atoms with Gasteiger partial charge in [-0.2, -0.15) is 0 Å². The van der Waals surface area contributed by atoms with Gasteiger partial charge in [-0.25, -0.2) is 0 Å². The molecule has 1 nitrogen and oxygen atoms in total. The second-order valence-electron chi connectivity index (χ2n) is 3.94. The molecule has 0 radical (unpaired) electrons. The fourth-order valence-electron chi connectivity index (χ4n) is 2.33. The Balaban J connectivity index is 0.000000336. The van der Waals surface area contributed by atoms with Gasteiger partial charge < -0.3 is 5.32 Å². The van der Waals surface area contributed by atoms with Crippen molar-refractivity contribution in [2.45, 2.75) is 70.9 Å². The SMILES string of the molecule is CC.CC1NC12CCCCCC2. The molecule has 1 heterocycles. The van der Waals surface area contributed by atoms with Crippen LogP contribution in [-0.4, -0.2) is 11.6 Å². The van der Waals surface area contributed by atoms with E-state index in [-0.39, 0.29) is 0 Å². The van der Waals surface area contributed by atoms with Crippen molar-refractivity contribution >= 4 is 0 Å². The summed E-state index contributed by atoms with van der Waals surface area (Å²) < 4.78 is 0. The summed E-state index contributed by atoms with van der Waals surface area (Å²) in [6, 6.07) is 0.825. The van der Waals surface area contributed by atoms with E-state index in [0.717, 1.165) is 6.04 Å². The predicted octanol–water partition coefficient (Wildman–Crippen LogP) is 3.10. The standard InChI is InChI=1S/C9H17N.C2H6/c1-8-9(10-8)6-4-2-3-5-7-9;1-2/h8,10H,2-7H2,1H3;1-2H3. The van der Waals surface area contributed by atoms with E-state index in [2.05, 4.69) is 12.2 Å². The van der Waals surface area contributed by atoms with E-state index in [0.29, 0.717) is 5.54 Å². The van der Waals surface area contributed by atoms with Crippen molar-refractivity contribution in [1.82, 2.24) is 5.32 Å². The second-order valence-corrected chi connectivity index (χ2v) is 3.94. The molecule has 1 N–H and O–H groups in total. The first-order valence-corrected chi connectivity index (χ1v) is 5.61. The van der Waals surface area contributed by atoms with Crippen LogP contribution in [0, 0.1) is 0 Å². The van der Waals surface area contributed by atoms with Crippen LogP contribution in [0.3, 0.4) is 0 Å². The third-order valence-electron chi connectivity index (χ3n) is 3.25. The van der Waals surface area contributed by atoms with Crippen LogP contribution in [0.15, 0.2) is 0 Å². The van der Waals surface area contributed by atoms with Gasteiger partial charge in [0.15, 0.2) is 0 Å². The average molecular weight is 169 g/mol. The molecular weight excluding hydrogens is 146 g/mol. The van der Waals surface area contributed by atoms with Crippen LogP contribution in [0.1, 0.15) is 59.3 Å².